The minimum atomic E-state index is -1.27. The molecule has 12 nitrogen and oxygen atoms in total. The molecule has 0 saturated carbocycles. The van der Waals surface area contributed by atoms with Crippen LogP contribution in [0.5, 0.6) is 0 Å². The number of carbonyl (C=O) groups excluding carboxylic acids is 3. The van der Waals surface area contributed by atoms with E-state index in [4.69, 9.17) is 10.8 Å². The quantitative estimate of drug-likeness (QED) is 0.144. The molecule has 3 amide bonds. The number of nitrogens with one attached hydrogen (secondary N) is 4. The summed E-state index contributed by atoms with van der Waals surface area (Å²) in [7, 11) is 0. The Labute approximate surface area is 237 Å². The van der Waals surface area contributed by atoms with E-state index < -0.39 is 66.2 Å². The summed E-state index contributed by atoms with van der Waals surface area (Å²) >= 11 is 1.51. The number of para-hydroxylation sites is 1. The van der Waals surface area contributed by atoms with Crippen molar-refractivity contribution >= 4 is 52.3 Å². The zero-order chi connectivity index (χ0) is 29.8. The van der Waals surface area contributed by atoms with Crippen LogP contribution in [0, 0.1) is 5.92 Å². The Kier molecular flexibility index (Phi) is 12.9. The number of thioether (sulfide) groups is 1. The molecule has 0 bridgehead atoms. The van der Waals surface area contributed by atoms with Crippen LogP contribution in [0.15, 0.2) is 30.5 Å². The topological polar surface area (TPSA) is 204 Å². The van der Waals surface area contributed by atoms with Crippen LogP contribution in [0.2, 0.25) is 0 Å². The molecule has 5 atom stereocenters. The van der Waals surface area contributed by atoms with Crippen LogP contribution < -0.4 is 21.7 Å². The molecule has 0 saturated heterocycles. The molecule has 5 unspecified atom stereocenters. The zero-order valence-electron chi connectivity index (χ0n) is 22.9. The van der Waals surface area contributed by atoms with Crippen molar-refractivity contribution < 1.29 is 34.2 Å². The summed E-state index contributed by atoms with van der Waals surface area (Å²) in [4.78, 5) is 65.4. The van der Waals surface area contributed by atoms with Gasteiger partial charge in [-0.25, -0.2) is 4.79 Å². The lowest BCUT2D eigenvalue weighted by molar-refractivity contribution is -0.142. The summed E-state index contributed by atoms with van der Waals surface area (Å²) in [5.41, 5.74) is 7.45. The van der Waals surface area contributed by atoms with Gasteiger partial charge in [0, 0.05) is 29.9 Å². The molecule has 0 fully saturated rings. The molecule has 1 aromatic carbocycles. The zero-order valence-corrected chi connectivity index (χ0v) is 23.8. The molecule has 1 heterocycles. The van der Waals surface area contributed by atoms with Gasteiger partial charge in [-0.3, -0.25) is 19.2 Å². The van der Waals surface area contributed by atoms with E-state index in [1.807, 2.05) is 37.4 Å². The smallest absolute Gasteiger partial charge is 0.326 e. The highest BCUT2D eigenvalue weighted by Gasteiger charge is 2.33. The van der Waals surface area contributed by atoms with Gasteiger partial charge in [0.1, 0.15) is 18.1 Å². The van der Waals surface area contributed by atoms with Gasteiger partial charge in [0.2, 0.25) is 17.7 Å². The maximum atomic E-state index is 13.3. The Morgan fingerprint density at radius 1 is 0.975 bits per heavy atom. The molecule has 0 aliphatic carbocycles. The Morgan fingerprint density at radius 2 is 1.65 bits per heavy atom. The van der Waals surface area contributed by atoms with Gasteiger partial charge in [-0.15, -0.1) is 0 Å². The first-order valence-corrected chi connectivity index (χ1v) is 14.5. The Hall–Kier alpha value is -3.58. The van der Waals surface area contributed by atoms with Gasteiger partial charge in [0.25, 0.3) is 0 Å². The van der Waals surface area contributed by atoms with Crippen LogP contribution >= 0.6 is 11.8 Å². The molecule has 13 heteroatoms. The molecular formula is C27H39N5O7S. The average Bonchev–Trinajstić information content (AvgIpc) is 3.33. The Bertz CT molecular complexity index is 1190. The molecule has 2 rings (SSSR count). The van der Waals surface area contributed by atoms with Crippen molar-refractivity contribution in [2.75, 3.05) is 12.0 Å². The van der Waals surface area contributed by atoms with Gasteiger partial charge >= 0.3 is 11.9 Å². The lowest BCUT2D eigenvalue weighted by Crippen LogP contribution is -2.59. The largest absolute Gasteiger partial charge is 0.481 e. The number of carbonyl (C=O) groups is 5. The third kappa shape index (κ3) is 9.56. The summed E-state index contributed by atoms with van der Waals surface area (Å²) in [6, 6.07) is 2.86. The lowest BCUT2D eigenvalue weighted by Gasteiger charge is -2.28. The second-order valence-corrected chi connectivity index (χ2v) is 10.7. The van der Waals surface area contributed by atoms with Crippen molar-refractivity contribution in [2.24, 2.45) is 11.7 Å². The number of hydrogen-bond acceptors (Lipinski definition) is 7. The number of aromatic nitrogens is 1. The number of H-pyrrole nitrogens is 1. The number of carboxylic acid groups (broad SMARTS) is 2. The van der Waals surface area contributed by atoms with Crippen LogP contribution in [0.25, 0.3) is 10.9 Å². The van der Waals surface area contributed by atoms with Crippen molar-refractivity contribution in [3.05, 3.63) is 36.0 Å². The summed E-state index contributed by atoms with van der Waals surface area (Å²) < 4.78 is 0. The van der Waals surface area contributed by atoms with Crippen molar-refractivity contribution in [3.8, 4) is 0 Å². The predicted octanol–water partition coefficient (Wildman–Crippen LogP) is 1.24. The fourth-order valence-corrected chi connectivity index (χ4v) is 4.62. The standard InChI is InChI=1S/C27H39N5O7S/c1-4-15(2)23(32-25(36)20(9-10-22(33)34)30-24(35)18(28)11-12-40-3)26(37)31-21(27(38)39)13-16-14-29-19-8-6-5-7-17(16)19/h5-8,14-15,18,20-21,23,29H,4,9-13,28H2,1-3H3,(H,30,35)(H,31,37)(H,32,36)(H,33,34)(H,38,39). The molecular weight excluding hydrogens is 538 g/mol. The molecule has 0 spiro atoms. The van der Waals surface area contributed by atoms with Gasteiger partial charge in [-0.2, -0.15) is 11.8 Å². The number of benzene rings is 1. The number of aromatic amines is 1. The average molecular weight is 578 g/mol. The van der Waals surface area contributed by atoms with Crippen molar-refractivity contribution in [3.63, 3.8) is 0 Å². The summed E-state index contributed by atoms with van der Waals surface area (Å²) in [6.07, 6.45) is 3.80. The lowest BCUT2D eigenvalue weighted by atomic mass is 9.96. The van der Waals surface area contributed by atoms with Crippen LogP contribution in [0.1, 0.15) is 45.1 Å². The van der Waals surface area contributed by atoms with E-state index in [0.717, 1.165) is 10.9 Å². The minimum Gasteiger partial charge on any atom is -0.481 e. The SMILES string of the molecule is CCC(C)C(NC(=O)C(CCC(=O)O)NC(=O)C(N)CCSC)C(=O)NC(Cc1c[nH]c2ccccc12)C(=O)O. The first-order chi connectivity index (χ1) is 19.0. The maximum absolute atomic E-state index is 13.3. The Balaban J connectivity index is 2.19. The van der Waals surface area contributed by atoms with Gasteiger partial charge in [0.15, 0.2) is 0 Å². The molecule has 40 heavy (non-hydrogen) atoms. The first kappa shape index (κ1) is 32.6. The van der Waals surface area contributed by atoms with Crippen molar-refractivity contribution in [2.45, 2.75) is 70.1 Å². The number of carboxylic acids is 2. The van der Waals surface area contributed by atoms with Crippen LogP contribution in [0.4, 0.5) is 0 Å². The second-order valence-electron chi connectivity index (χ2n) is 9.72. The summed E-state index contributed by atoms with van der Waals surface area (Å²) in [6.45, 7) is 3.54. The predicted molar refractivity (Wildman–Crippen MR) is 153 cm³/mol. The minimum absolute atomic E-state index is 0.0114. The number of rotatable bonds is 17. The molecule has 0 radical (unpaired) electrons. The van der Waals surface area contributed by atoms with Crippen LogP contribution in [-0.4, -0.2) is 81.0 Å². The summed E-state index contributed by atoms with van der Waals surface area (Å²) in [5.74, 6) is -4.22. The number of nitrogens with two attached hydrogens (primary N) is 1. The third-order valence-electron chi connectivity index (χ3n) is 6.76. The third-order valence-corrected chi connectivity index (χ3v) is 7.40. The highest BCUT2D eigenvalue weighted by Crippen LogP contribution is 2.19. The van der Waals surface area contributed by atoms with E-state index in [9.17, 15) is 29.1 Å². The fraction of sp³-hybridized carbons (Fsp3) is 0.519. The van der Waals surface area contributed by atoms with Crippen molar-refractivity contribution in [1.82, 2.24) is 20.9 Å². The monoisotopic (exact) mass is 577 g/mol. The second kappa shape index (κ2) is 15.9. The molecule has 0 aliphatic heterocycles. The van der Waals surface area contributed by atoms with E-state index in [0.29, 0.717) is 24.2 Å². The highest BCUT2D eigenvalue weighted by molar-refractivity contribution is 7.98. The van der Waals surface area contributed by atoms with E-state index in [2.05, 4.69) is 20.9 Å². The van der Waals surface area contributed by atoms with E-state index in [-0.39, 0.29) is 12.8 Å². The van der Waals surface area contributed by atoms with Crippen LogP contribution in [0.3, 0.4) is 0 Å². The first-order valence-electron chi connectivity index (χ1n) is 13.1. The molecule has 0 aliphatic rings. The molecule has 2 aromatic rings. The number of fused-ring (bicyclic) bond motifs is 1. The maximum Gasteiger partial charge on any atom is 0.326 e. The van der Waals surface area contributed by atoms with Gasteiger partial charge in [0.05, 0.1) is 6.04 Å². The summed E-state index contributed by atoms with van der Waals surface area (Å²) in [5, 5.41) is 27.5. The Morgan fingerprint density at radius 3 is 2.27 bits per heavy atom. The molecule has 1 aromatic heterocycles. The number of aliphatic carboxylic acids is 2. The van der Waals surface area contributed by atoms with Crippen LogP contribution in [-0.2, 0) is 30.4 Å². The number of amides is 3. The fourth-order valence-electron chi connectivity index (χ4n) is 4.13. The van der Waals surface area contributed by atoms with Gasteiger partial charge in [-0.05, 0) is 42.4 Å². The van der Waals surface area contributed by atoms with E-state index in [1.54, 1.807) is 13.1 Å². The molecule has 8 N–H and O–H groups in total. The van der Waals surface area contributed by atoms with Gasteiger partial charge in [-0.1, -0.05) is 38.5 Å². The molecule has 220 valence electrons. The normalized spacial score (nSPS) is 14.9. The van der Waals surface area contributed by atoms with Gasteiger partial charge < -0.3 is 36.9 Å². The highest BCUT2D eigenvalue weighted by atomic mass is 32.2. The van der Waals surface area contributed by atoms with E-state index >= 15 is 0 Å². The van der Waals surface area contributed by atoms with E-state index in [1.165, 1.54) is 11.8 Å². The van der Waals surface area contributed by atoms with Crippen molar-refractivity contribution in [1.29, 1.82) is 0 Å². The number of hydrogen-bond donors (Lipinski definition) is 7.